The van der Waals surface area contributed by atoms with Crippen LogP contribution < -0.4 is 4.74 Å². The molecule has 1 atom stereocenters. The molecule has 1 unspecified atom stereocenters. The number of alkyl halides is 3. The summed E-state index contributed by atoms with van der Waals surface area (Å²) in [4.78, 5) is -0.127. The summed E-state index contributed by atoms with van der Waals surface area (Å²) in [6.45, 7) is 5.51. The van der Waals surface area contributed by atoms with Gasteiger partial charge in [0, 0.05) is 4.90 Å². The highest BCUT2D eigenvalue weighted by molar-refractivity contribution is 7.89. The van der Waals surface area contributed by atoms with Gasteiger partial charge in [-0.15, -0.1) is 13.2 Å². The van der Waals surface area contributed by atoms with E-state index >= 15 is 0 Å². The summed E-state index contributed by atoms with van der Waals surface area (Å²) in [6.07, 6.45) is -3.48. The lowest BCUT2D eigenvalue weighted by Gasteiger charge is -2.12. The van der Waals surface area contributed by atoms with Crippen molar-refractivity contribution < 1.29 is 27.2 Å². The summed E-state index contributed by atoms with van der Waals surface area (Å²) in [5.41, 5.74) is 1.84. The lowest BCUT2D eigenvalue weighted by Crippen LogP contribution is -2.17. The molecule has 0 aliphatic heterocycles. The third-order valence-corrected chi connectivity index (χ3v) is 5.13. The number of phenolic OH excluding ortho intramolecular Hbond substituents is 1. The Morgan fingerprint density at radius 3 is 2.54 bits per heavy atom. The van der Waals surface area contributed by atoms with Crippen molar-refractivity contribution in [2.24, 2.45) is 0 Å². The first-order chi connectivity index (χ1) is 13.0. The minimum absolute atomic E-state index is 0.00846. The zero-order chi connectivity index (χ0) is 21.1. The number of nitriles is 1. The summed E-state index contributed by atoms with van der Waals surface area (Å²) in [6, 6.07) is 9.85. The Hall–Kier alpha value is -2.79. The Morgan fingerprint density at radius 1 is 1.29 bits per heavy atom. The van der Waals surface area contributed by atoms with Gasteiger partial charge in [-0.05, 0) is 65.9 Å². The van der Waals surface area contributed by atoms with Crippen LogP contribution in [0.3, 0.4) is 0 Å². The van der Waals surface area contributed by atoms with Crippen LogP contribution in [-0.2, 0) is 10.8 Å². The standard InChI is InChI=1S/C20H18F3NO3S/c1-12(2)18-9-14(7-13(3)19(18)25)8-17(11-24)28(26)16-6-4-5-15(10-16)27-20(21,22)23/h4-10,12,25H,1-3H3/b17-8+. The highest BCUT2D eigenvalue weighted by Gasteiger charge is 2.31. The molecule has 1 N–H and O–H groups in total. The molecule has 0 bridgehead atoms. The summed E-state index contributed by atoms with van der Waals surface area (Å²) < 4.78 is 53.7. The van der Waals surface area contributed by atoms with Crippen molar-refractivity contribution in [3.05, 3.63) is 58.0 Å². The van der Waals surface area contributed by atoms with Crippen LogP contribution in [0.25, 0.3) is 6.08 Å². The highest BCUT2D eigenvalue weighted by atomic mass is 32.2. The Kier molecular flexibility index (Phi) is 6.52. The maximum absolute atomic E-state index is 12.7. The Balaban J connectivity index is 2.42. The summed E-state index contributed by atoms with van der Waals surface area (Å²) >= 11 is 0. The molecule has 0 heterocycles. The fraction of sp³-hybridized carbons (Fsp3) is 0.250. The maximum atomic E-state index is 12.7. The minimum atomic E-state index is -4.87. The van der Waals surface area contributed by atoms with Crippen LogP contribution in [0.1, 0.15) is 36.5 Å². The predicted molar refractivity (Wildman–Crippen MR) is 100 cm³/mol. The molecular weight excluding hydrogens is 391 g/mol. The quantitative estimate of drug-likeness (QED) is 0.672. The van der Waals surface area contributed by atoms with E-state index in [4.69, 9.17) is 0 Å². The van der Waals surface area contributed by atoms with E-state index in [9.17, 15) is 27.7 Å². The van der Waals surface area contributed by atoms with Crippen molar-refractivity contribution in [1.82, 2.24) is 0 Å². The molecule has 0 aliphatic carbocycles. The molecule has 0 saturated carbocycles. The number of halogens is 3. The van der Waals surface area contributed by atoms with E-state index in [1.807, 2.05) is 19.9 Å². The van der Waals surface area contributed by atoms with Crippen molar-refractivity contribution in [2.45, 2.75) is 37.9 Å². The van der Waals surface area contributed by atoms with Crippen LogP contribution in [-0.4, -0.2) is 15.7 Å². The number of hydrogen-bond acceptors (Lipinski definition) is 4. The van der Waals surface area contributed by atoms with Gasteiger partial charge in [0.2, 0.25) is 0 Å². The number of phenols is 1. The maximum Gasteiger partial charge on any atom is 0.573 e. The van der Waals surface area contributed by atoms with Crippen LogP contribution in [0.4, 0.5) is 13.2 Å². The third-order valence-electron chi connectivity index (χ3n) is 3.84. The van der Waals surface area contributed by atoms with Gasteiger partial charge in [-0.25, -0.2) is 4.21 Å². The topological polar surface area (TPSA) is 70.3 Å². The van der Waals surface area contributed by atoms with Crippen molar-refractivity contribution >= 4 is 16.9 Å². The number of allylic oxidation sites excluding steroid dienone is 1. The second kappa shape index (κ2) is 8.48. The first-order valence-electron chi connectivity index (χ1n) is 8.24. The Bertz CT molecular complexity index is 976. The normalized spacial score (nSPS) is 13.3. The molecule has 2 aromatic rings. The van der Waals surface area contributed by atoms with Gasteiger partial charge in [0.25, 0.3) is 0 Å². The van der Waals surface area contributed by atoms with Gasteiger partial charge in [0.1, 0.15) is 22.5 Å². The molecule has 0 saturated heterocycles. The first kappa shape index (κ1) is 21.5. The zero-order valence-corrected chi connectivity index (χ0v) is 16.2. The van der Waals surface area contributed by atoms with E-state index in [1.165, 1.54) is 18.2 Å². The molecule has 8 heteroatoms. The molecular formula is C20H18F3NO3S. The number of ether oxygens (including phenoxy) is 1. The monoisotopic (exact) mass is 409 g/mol. The smallest absolute Gasteiger partial charge is 0.507 e. The molecule has 2 rings (SSSR count). The molecule has 0 fully saturated rings. The SMILES string of the molecule is Cc1cc(/C=C(\C#N)S(=O)c2cccc(OC(F)(F)F)c2)cc(C(C)C)c1O. The van der Waals surface area contributed by atoms with Crippen molar-refractivity contribution in [3.63, 3.8) is 0 Å². The van der Waals surface area contributed by atoms with Crippen LogP contribution in [0.2, 0.25) is 0 Å². The van der Waals surface area contributed by atoms with Gasteiger partial charge < -0.3 is 9.84 Å². The largest absolute Gasteiger partial charge is 0.573 e. The van der Waals surface area contributed by atoms with E-state index in [2.05, 4.69) is 4.74 Å². The van der Waals surface area contributed by atoms with E-state index in [1.54, 1.807) is 19.1 Å². The van der Waals surface area contributed by atoms with E-state index in [0.717, 1.165) is 12.1 Å². The molecule has 4 nitrogen and oxygen atoms in total. The zero-order valence-electron chi connectivity index (χ0n) is 15.4. The van der Waals surface area contributed by atoms with Crippen LogP contribution in [0.15, 0.2) is 46.2 Å². The first-order valence-corrected chi connectivity index (χ1v) is 9.39. The third kappa shape index (κ3) is 5.36. The number of aryl methyl sites for hydroxylation is 1. The minimum Gasteiger partial charge on any atom is -0.507 e. The molecule has 0 aliphatic rings. The van der Waals surface area contributed by atoms with Gasteiger partial charge in [0.15, 0.2) is 0 Å². The van der Waals surface area contributed by atoms with Crippen molar-refractivity contribution in [2.75, 3.05) is 0 Å². The van der Waals surface area contributed by atoms with Crippen LogP contribution >= 0.6 is 0 Å². The van der Waals surface area contributed by atoms with Crippen LogP contribution in [0, 0.1) is 18.3 Å². The second-order valence-electron chi connectivity index (χ2n) is 6.34. The molecule has 148 valence electrons. The lowest BCUT2D eigenvalue weighted by atomic mass is 9.96. The van der Waals surface area contributed by atoms with Crippen LogP contribution in [0.5, 0.6) is 11.5 Å². The van der Waals surface area contributed by atoms with E-state index in [0.29, 0.717) is 16.7 Å². The molecule has 0 radical (unpaired) electrons. The number of aromatic hydroxyl groups is 1. The van der Waals surface area contributed by atoms with Gasteiger partial charge in [-0.3, -0.25) is 0 Å². The van der Waals surface area contributed by atoms with Gasteiger partial charge in [-0.1, -0.05) is 19.9 Å². The fourth-order valence-corrected chi connectivity index (χ4v) is 3.56. The van der Waals surface area contributed by atoms with Gasteiger partial charge in [-0.2, -0.15) is 5.26 Å². The van der Waals surface area contributed by atoms with Crippen molar-refractivity contribution in [1.29, 1.82) is 5.26 Å². The average Bonchev–Trinajstić information content (AvgIpc) is 2.60. The molecule has 0 aromatic heterocycles. The van der Waals surface area contributed by atoms with E-state index < -0.39 is 22.9 Å². The molecule has 0 spiro atoms. The summed E-state index contributed by atoms with van der Waals surface area (Å²) in [7, 11) is -2.00. The number of benzene rings is 2. The average molecular weight is 409 g/mol. The van der Waals surface area contributed by atoms with Crippen molar-refractivity contribution in [3.8, 4) is 17.6 Å². The Labute approximate surface area is 163 Å². The highest BCUT2D eigenvalue weighted by Crippen LogP contribution is 2.31. The van der Waals surface area contributed by atoms with E-state index in [-0.39, 0.29) is 21.5 Å². The molecule has 28 heavy (non-hydrogen) atoms. The number of hydrogen-bond donors (Lipinski definition) is 1. The fourth-order valence-electron chi connectivity index (χ4n) is 2.55. The second-order valence-corrected chi connectivity index (χ2v) is 7.79. The number of rotatable bonds is 5. The summed E-state index contributed by atoms with van der Waals surface area (Å²) in [5.74, 6) is -0.332. The number of nitrogens with zero attached hydrogens (tertiary/aromatic N) is 1. The molecule has 2 aromatic carbocycles. The summed E-state index contributed by atoms with van der Waals surface area (Å²) in [5, 5.41) is 19.5. The lowest BCUT2D eigenvalue weighted by molar-refractivity contribution is -0.274. The van der Waals surface area contributed by atoms with Gasteiger partial charge in [0.05, 0.1) is 10.8 Å². The van der Waals surface area contributed by atoms with Gasteiger partial charge >= 0.3 is 6.36 Å². The Morgan fingerprint density at radius 2 is 1.96 bits per heavy atom. The molecule has 0 amide bonds. The predicted octanol–water partition coefficient (Wildman–Crippen LogP) is 5.39.